The molecule has 148 valence electrons. The fourth-order valence-electron chi connectivity index (χ4n) is 3.81. The average molecular weight is 384 g/mol. The largest absolute Gasteiger partial charge is 0.497 e. The lowest BCUT2D eigenvalue weighted by Crippen LogP contribution is -2.62. The smallest absolute Gasteiger partial charge is 0.242 e. The molecule has 2 fully saturated rings. The fraction of sp³-hybridized carbons (Fsp3) is 0.381. The van der Waals surface area contributed by atoms with Gasteiger partial charge in [-0.05, 0) is 17.7 Å². The van der Waals surface area contributed by atoms with Crippen molar-refractivity contribution in [3.8, 4) is 11.5 Å². The monoisotopic (exact) mass is 384 g/mol. The van der Waals surface area contributed by atoms with E-state index in [-0.39, 0.29) is 11.9 Å². The molecule has 0 unspecified atom stereocenters. The van der Waals surface area contributed by atoms with Crippen LogP contribution in [0.4, 0.5) is 0 Å². The second-order valence-electron chi connectivity index (χ2n) is 6.82. The van der Waals surface area contributed by atoms with Crippen LogP contribution in [0.25, 0.3) is 0 Å². The highest BCUT2D eigenvalue weighted by molar-refractivity contribution is 5.89. The summed E-state index contributed by atoms with van der Waals surface area (Å²) in [5.41, 5.74) is 8.96. The molecular weight excluding hydrogens is 360 g/mol. The van der Waals surface area contributed by atoms with Gasteiger partial charge in [-0.15, -0.1) is 0 Å². The van der Waals surface area contributed by atoms with Crippen molar-refractivity contribution in [3.63, 3.8) is 0 Å². The summed E-state index contributed by atoms with van der Waals surface area (Å²) in [5, 5.41) is 0. The Hall–Kier alpha value is -2.61. The third-order valence-corrected chi connectivity index (χ3v) is 5.27. The third kappa shape index (κ3) is 3.22. The van der Waals surface area contributed by atoms with Crippen molar-refractivity contribution >= 4 is 5.91 Å². The lowest BCUT2D eigenvalue weighted by molar-refractivity contribution is -0.151. The number of nitrogens with zero attached hydrogens (tertiary/aromatic N) is 1. The quantitative estimate of drug-likeness (QED) is 0.769. The minimum atomic E-state index is -0.591. The van der Waals surface area contributed by atoms with Crippen LogP contribution in [0.3, 0.4) is 0 Å². The molecule has 7 heteroatoms. The van der Waals surface area contributed by atoms with Gasteiger partial charge in [0.1, 0.15) is 17.5 Å². The van der Waals surface area contributed by atoms with Gasteiger partial charge in [-0.2, -0.15) is 0 Å². The van der Waals surface area contributed by atoms with Gasteiger partial charge >= 0.3 is 0 Å². The molecule has 0 radical (unpaired) electrons. The third-order valence-electron chi connectivity index (χ3n) is 5.27. The van der Waals surface area contributed by atoms with E-state index in [1.807, 2.05) is 42.5 Å². The van der Waals surface area contributed by atoms with Crippen molar-refractivity contribution in [3.05, 3.63) is 59.2 Å². The predicted molar refractivity (Wildman–Crippen MR) is 102 cm³/mol. The number of nitrogens with two attached hydrogens (primary N) is 1. The van der Waals surface area contributed by atoms with Crippen LogP contribution < -0.4 is 15.2 Å². The van der Waals surface area contributed by atoms with Crippen LogP contribution >= 0.6 is 0 Å². The number of amides is 1. The molecular formula is C21H24N2O5. The van der Waals surface area contributed by atoms with E-state index in [1.54, 1.807) is 19.1 Å². The Balaban J connectivity index is 1.63. The van der Waals surface area contributed by atoms with Crippen LogP contribution in [-0.4, -0.2) is 44.3 Å². The van der Waals surface area contributed by atoms with Gasteiger partial charge in [0.05, 0.1) is 40.0 Å². The summed E-state index contributed by atoms with van der Waals surface area (Å²) < 4.78 is 22.1. The fourth-order valence-corrected chi connectivity index (χ4v) is 3.81. The SMILES string of the molecule is COc1ccc(CN2C(=O)[C@@H](N)[C@H]2c2ccccc2C2OCCO2)c(OC)c1. The minimum Gasteiger partial charge on any atom is -0.497 e. The number of likely N-dealkylation sites (tertiary alicyclic amines) is 1. The molecule has 0 aliphatic carbocycles. The van der Waals surface area contributed by atoms with Crippen LogP contribution in [-0.2, 0) is 20.8 Å². The van der Waals surface area contributed by atoms with Gasteiger partial charge in [0.2, 0.25) is 5.91 Å². The number of hydrogen-bond donors (Lipinski definition) is 1. The zero-order chi connectivity index (χ0) is 19.7. The minimum absolute atomic E-state index is 0.0917. The zero-order valence-electron chi connectivity index (χ0n) is 16.0. The Bertz CT molecular complexity index is 866. The summed E-state index contributed by atoms with van der Waals surface area (Å²) in [6.07, 6.45) is -0.420. The number of carbonyl (C=O) groups is 1. The summed E-state index contributed by atoms with van der Waals surface area (Å²) in [7, 11) is 3.20. The first-order valence-corrected chi connectivity index (χ1v) is 9.23. The molecule has 7 nitrogen and oxygen atoms in total. The Kier molecular flexibility index (Phi) is 5.21. The van der Waals surface area contributed by atoms with Gasteiger partial charge in [-0.1, -0.05) is 24.3 Å². The van der Waals surface area contributed by atoms with Crippen molar-refractivity contribution in [1.82, 2.24) is 4.90 Å². The van der Waals surface area contributed by atoms with Gasteiger partial charge < -0.3 is 29.6 Å². The van der Waals surface area contributed by atoms with Gasteiger partial charge in [0.25, 0.3) is 0 Å². The molecule has 0 spiro atoms. The zero-order valence-corrected chi connectivity index (χ0v) is 16.0. The summed E-state index contributed by atoms with van der Waals surface area (Å²) in [6.45, 7) is 1.51. The highest BCUT2D eigenvalue weighted by atomic mass is 16.7. The van der Waals surface area contributed by atoms with Gasteiger partial charge in [-0.25, -0.2) is 0 Å². The van der Waals surface area contributed by atoms with Crippen molar-refractivity contribution in [2.24, 2.45) is 5.73 Å². The lowest BCUT2D eigenvalue weighted by atomic mass is 9.85. The second-order valence-corrected chi connectivity index (χ2v) is 6.82. The molecule has 0 aromatic heterocycles. The average Bonchev–Trinajstić information content (AvgIpc) is 3.28. The molecule has 2 aromatic rings. The summed E-state index contributed by atoms with van der Waals surface area (Å²) >= 11 is 0. The number of rotatable bonds is 6. The highest BCUT2D eigenvalue weighted by Gasteiger charge is 2.47. The number of β-lactam (4-membered cyclic amide) rings is 1. The molecule has 1 amide bonds. The Labute approximate surface area is 163 Å². The maximum absolute atomic E-state index is 12.6. The molecule has 4 rings (SSSR count). The number of ether oxygens (including phenoxy) is 4. The van der Waals surface area contributed by atoms with Gasteiger partial charge in [0.15, 0.2) is 6.29 Å². The molecule has 2 aromatic carbocycles. The number of carbonyl (C=O) groups excluding carboxylic acids is 1. The van der Waals surface area contributed by atoms with Crippen LogP contribution in [0.2, 0.25) is 0 Å². The Morgan fingerprint density at radius 1 is 1.07 bits per heavy atom. The molecule has 2 aliphatic heterocycles. The van der Waals surface area contributed by atoms with E-state index in [0.717, 1.165) is 16.7 Å². The molecule has 2 aliphatic rings. The van der Waals surface area contributed by atoms with Gasteiger partial charge in [-0.3, -0.25) is 4.79 Å². The highest BCUT2D eigenvalue weighted by Crippen LogP contribution is 2.41. The standard InChI is InChI=1S/C21H24N2O5/c1-25-14-8-7-13(17(11-14)26-2)12-23-19(18(22)20(23)24)15-5-3-4-6-16(15)21-27-9-10-28-21/h3-8,11,18-19,21H,9-10,12,22H2,1-2H3/t18-,19+/m0/s1. The predicted octanol–water partition coefficient (Wildman–Crippen LogP) is 2.16. The van der Waals surface area contributed by atoms with Crippen LogP contribution in [0.1, 0.15) is 29.0 Å². The van der Waals surface area contributed by atoms with Crippen LogP contribution in [0.15, 0.2) is 42.5 Å². The van der Waals surface area contributed by atoms with Gasteiger partial charge in [0, 0.05) is 17.2 Å². The van der Waals surface area contributed by atoms with Crippen LogP contribution in [0.5, 0.6) is 11.5 Å². The number of hydrogen-bond acceptors (Lipinski definition) is 6. The van der Waals surface area contributed by atoms with E-state index in [4.69, 9.17) is 24.7 Å². The summed E-state index contributed by atoms with van der Waals surface area (Å²) in [4.78, 5) is 14.3. The molecule has 28 heavy (non-hydrogen) atoms. The van der Waals surface area contributed by atoms with E-state index in [9.17, 15) is 4.79 Å². The topological polar surface area (TPSA) is 83.3 Å². The second kappa shape index (κ2) is 7.79. The maximum atomic E-state index is 12.6. The molecule has 2 heterocycles. The van der Waals surface area contributed by atoms with E-state index >= 15 is 0 Å². The van der Waals surface area contributed by atoms with E-state index in [0.29, 0.717) is 31.3 Å². The Morgan fingerprint density at radius 2 is 1.79 bits per heavy atom. The maximum Gasteiger partial charge on any atom is 0.242 e. The van der Waals surface area contributed by atoms with E-state index in [1.165, 1.54) is 0 Å². The molecule has 0 bridgehead atoms. The van der Waals surface area contributed by atoms with Crippen LogP contribution in [0, 0.1) is 0 Å². The molecule has 0 saturated carbocycles. The molecule has 2 N–H and O–H groups in total. The molecule has 2 saturated heterocycles. The number of methoxy groups -OCH3 is 2. The van der Waals surface area contributed by atoms with Crippen molar-refractivity contribution < 1.29 is 23.7 Å². The summed E-state index contributed by atoms with van der Waals surface area (Å²) in [6, 6.07) is 12.6. The van der Waals surface area contributed by atoms with Crippen molar-refractivity contribution in [2.75, 3.05) is 27.4 Å². The van der Waals surface area contributed by atoms with Crippen molar-refractivity contribution in [2.45, 2.75) is 24.9 Å². The molecule has 2 atom stereocenters. The van der Waals surface area contributed by atoms with E-state index < -0.39 is 12.3 Å². The summed E-state index contributed by atoms with van der Waals surface area (Å²) in [5.74, 6) is 1.28. The van der Waals surface area contributed by atoms with E-state index in [2.05, 4.69) is 0 Å². The number of benzene rings is 2. The first-order chi connectivity index (χ1) is 13.6. The Morgan fingerprint density at radius 3 is 2.46 bits per heavy atom. The van der Waals surface area contributed by atoms with Crippen molar-refractivity contribution in [1.29, 1.82) is 0 Å². The first-order valence-electron chi connectivity index (χ1n) is 9.23. The lowest BCUT2D eigenvalue weighted by Gasteiger charge is -2.46. The normalized spacial score (nSPS) is 22.2. The first kappa shape index (κ1) is 18.7.